The highest BCUT2D eigenvalue weighted by Gasteiger charge is 2.24. The van der Waals surface area contributed by atoms with Gasteiger partial charge in [-0.3, -0.25) is 4.99 Å². The Morgan fingerprint density at radius 3 is 2.75 bits per heavy atom. The van der Waals surface area contributed by atoms with Gasteiger partial charge in [0.25, 0.3) is 0 Å². The van der Waals surface area contributed by atoms with Gasteiger partial charge in [0.1, 0.15) is 0 Å². The molecule has 6 nitrogen and oxygen atoms in total. The topological polar surface area (TPSA) is 66.5 Å². The number of halogens is 1. The van der Waals surface area contributed by atoms with Gasteiger partial charge in [0.15, 0.2) is 11.8 Å². The minimum atomic E-state index is 0. The number of aromatic nitrogens is 2. The standard InChI is InChI=1S/C16H29N5OS.HI/c1-11(2)13-10-21(8-9-23-13)16(17-5)18-7-6-14-19-15(12(3)4)20-22-14;/h11-13H,6-10H2,1-5H3,(H,17,18);1H. The molecule has 1 aromatic rings. The first-order valence-electron chi connectivity index (χ1n) is 8.41. The maximum absolute atomic E-state index is 5.28. The number of hydrogen-bond acceptors (Lipinski definition) is 5. The van der Waals surface area contributed by atoms with Gasteiger partial charge in [0.05, 0.1) is 0 Å². The average molecular weight is 467 g/mol. The Morgan fingerprint density at radius 1 is 1.42 bits per heavy atom. The lowest BCUT2D eigenvalue weighted by Gasteiger charge is -2.36. The predicted molar refractivity (Wildman–Crippen MR) is 112 cm³/mol. The number of nitrogens with one attached hydrogen (secondary N) is 1. The van der Waals surface area contributed by atoms with Gasteiger partial charge < -0.3 is 14.7 Å². The summed E-state index contributed by atoms with van der Waals surface area (Å²) in [7, 11) is 1.85. The summed E-state index contributed by atoms with van der Waals surface area (Å²) in [6.45, 7) is 11.6. The van der Waals surface area contributed by atoms with E-state index >= 15 is 0 Å². The van der Waals surface area contributed by atoms with Gasteiger partial charge in [0.2, 0.25) is 5.89 Å². The van der Waals surface area contributed by atoms with Crippen molar-refractivity contribution in [1.82, 2.24) is 20.4 Å². The van der Waals surface area contributed by atoms with E-state index in [1.165, 1.54) is 0 Å². The largest absolute Gasteiger partial charge is 0.356 e. The number of guanidine groups is 1. The minimum absolute atomic E-state index is 0. The van der Waals surface area contributed by atoms with Gasteiger partial charge in [-0.15, -0.1) is 24.0 Å². The Labute approximate surface area is 166 Å². The molecular weight excluding hydrogens is 437 g/mol. The third-order valence-corrected chi connectivity index (χ3v) is 5.51. The van der Waals surface area contributed by atoms with Crippen molar-refractivity contribution in [3.05, 3.63) is 11.7 Å². The van der Waals surface area contributed by atoms with Crippen molar-refractivity contribution in [2.75, 3.05) is 32.4 Å². The monoisotopic (exact) mass is 467 g/mol. The summed E-state index contributed by atoms with van der Waals surface area (Å²) < 4.78 is 5.28. The maximum Gasteiger partial charge on any atom is 0.228 e. The van der Waals surface area contributed by atoms with Crippen LogP contribution in [0.25, 0.3) is 0 Å². The SMILES string of the molecule is CN=C(NCCc1nc(C(C)C)no1)N1CCSC(C(C)C)C1.I. The van der Waals surface area contributed by atoms with Gasteiger partial charge in [0, 0.05) is 50.0 Å². The lowest BCUT2D eigenvalue weighted by molar-refractivity contribution is 0.365. The van der Waals surface area contributed by atoms with E-state index in [9.17, 15) is 0 Å². The molecule has 0 spiro atoms. The van der Waals surface area contributed by atoms with E-state index < -0.39 is 0 Å². The molecule has 0 bridgehead atoms. The Bertz CT molecular complexity index is 520. The van der Waals surface area contributed by atoms with E-state index in [-0.39, 0.29) is 24.0 Å². The molecule has 24 heavy (non-hydrogen) atoms. The molecular formula is C16H30IN5OS. The molecule has 0 aromatic carbocycles. The van der Waals surface area contributed by atoms with Crippen molar-refractivity contribution < 1.29 is 4.52 Å². The molecule has 1 aromatic heterocycles. The highest BCUT2D eigenvalue weighted by atomic mass is 127. The summed E-state index contributed by atoms with van der Waals surface area (Å²) in [5, 5.41) is 8.09. The molecule has 2 rings (SSSR count). The summed E-state index contributed by atoms with van der Waals surface area (Å²) in [5.74, 6) is 4.58. The zero-order valence-electron chi connectivity index (χ0n) is 15.3. The minimum Gasteiger partial charge on any atom is -0.356 e. The van der Waals surface area contributed by atoms with Crippen LogP contribution in [-0.2, 0) is 6.42 Å². The summed E-state index contributed by atoms with van der Waals surface area (Å²) in [4.78, 5) is 11.2. The quantitative estimate of drug-likeness (QED) is 0.408. The van der Waals surface area contributed by atoms with Gasteiger partial charge in [-0.2, -0.15) is 16.7 Å². The van der Waals surface area contributed by atoms with Crippen LogP contribution in [0.15, 0.2) is 9.52 Å². The molecule has 1 atom stereocenters. The smallest absolute Gasteiger partial charge is 0.228 e. The Morgan fingerprint density at radius 2 is 2.17 bits per heavy atom. The van der Waals surface area contributed by atoms with Crippen LogP contribution in [0.4, 0.5) is 0 Å². The number of rotatable bonds is 5. The fourth-order valence-electron chi connectivity index (χ4n) is 2.49. The van der Waals surface area contributed by atoms with Crippen molar-refractivity contribution in [3.63, 3.8) is 0 Å². The van der Waals surface area contributed by atoms with E-state index in [1.807, 2.05) is 7.05 Å². The van der Waals surface area contributed by atoms with Crippen LogP contribution in [0.3, 0.4) is 0 Å². The van der Waals surface area contributed by atoms with Crippen LogP contribution in [0.5, 0.6) is 0 Å². The van der Waals surface area contributed by atoms with Gasteiger partial charge in [-0.05, 0) is 5.92 Å². The highest BCUT2D eigenvalue weighted by Crippen LogP contribution is 2.24. The van der Waals surface area contributed by atoms with Crippen LogP contribution in [-0.4, -0.2) is 58.7 Å². The molecule has 1 aliphatic heterocycles. The molecule has 1 N–H and O–H groups in total. The number of nitrogens with zero attached hydrogens (tertiary/aromatic N) is 4. The van der Waals surface area contributed by atoms with E-state index in [0.29, 0.717) is 23.0 Å². The predicted octanol–water partition coefficient (Wildman–Crippen LogP) is 3.00. The van der Waals surface area contributed by atoms with E-state index in [0.717, 1.165) is 43.6 Å². The summed E-state index contributed by atoms with van der Waals surface area (Å²) in [6, 6.07) is 0. The van der Waals surface area contributed by atoms with E-state index in [2.05, 4.69) is 64.8 Å². The first kappa shape index (κ1) is 21.5. The Hall–Kier alpha value is -0.510. The third kappa shape index (κ3) is 6.09. The van der Waals surface area contributed by atoms with Crippen LogP contribution in [0, 0.1) is 5.92 Å². The van der Waals surface area contributed by atoms with Crippen LogP contribution < -0.4 is 5.32 Å². The summed E-state index contributed by atoms with van der Waals surface area (Å²) in [6.07, 6.45) is 0.717. The number of thioether (sulfide) groups is 1. The molecule has 1 saturated heterocycles. The van der Waals surface area contributed by atoms with Crippen molar-refractivity contribution in [2.45, 2.75) is 45.3 Å². The fourth-order valence-corrected chi connectivity index (χ4v) is 3.79. The maximum atomic E-state index is 5.28. The second-order valence-electron chi connectivity index (χ2n) is 6.52. The first-order valence-corrected chi connectivity index (χ1v) is 9.45. The second kappa shape index (κ2) is 10.5. The zero-order chi connectivity index (χ0) is 16.8. The molecule has 2 heterocycles. The molecule has 0 saturated carbocycles. The molecule has 0 radical (unpaired) electrons. The second-order valence-corrected chi connectivity index (χ2v) is 7.87. The number of aliphatic imine (C=N–C) groups is 1. The van der Waals surface area contributed by atoms with Gasteiger partial charge in [-0.1, -0.05) is 32.9 Å². The molecule has 1 fully saturated rings. The van der Waals surface area contributed by atoms with Crippen molar-refractivity contribution in [1.29, 1.82) is 0 Å². The Balaban J connectivity index is 0.00000288. The Kier molecular flexibility index (Phi) is 9.40. The fraction of sp³-hybridized carbons (Fsp3) is 0.812. The van der Waals surface area contributed by atoms with E-state index in [4.69, 9.17) is 4.52 Å². The van der Waals surface area contributed by atoms with Crippen molar-refractivity contribution >= 4 is 41.7 Å². The van der Waals surface area contributed by atoms with Crippen molar-refractivity contribution in [3.8, 4) is 0 Å². The van der Waals surface area contributed by atoms with Gasteiger partial charge in [-0.25, -0.2) is 0 Å². The molecule has 1 aliphatic rings. The molecule has 0 amide bonds. The summed E-state index contributed by atoms with van der Waals surface area (Å²) in [5.41, 5.74) is 0. The molecule has 8 heteroatoms. The normalized spacial score (nSPS) is 18.9. The molecule has 138 valence electrons. The third-order valence-electron chi connectivity index (χ3n) is 3.97. The van der Waals surface area contributed by atoms with Crippen LogP contribution in [0.1, 0.15) is 45.3 Å². The summed E-state index contributed by atoms with van der Waals surface area (Å²) >= 11 is 2.07. The lowest BCUT2D eigenvalue weighted by Crippen LogP contribution is -2.49. The lowest BCUT2D eigenvalue weighted by atomic mass is 10.1. The van der Waals surface area contributed by atoms with Crippen LogP contribution >= 0.6 is 35.7 Å². The van der Waals surface area contributed by atoms with Crippen LogP contribution in [0.2, 0.25) is 0 Å². The molecule has 1 unspecified atom stereocenters. The number of hydrogen-bond donors (Lipinski definition) is 1. The average Bonchev–Trinajstić information content (AvgIpc) is 3.01. The highest BCUT2D eigenvalue weighted by molar-refractivity contribution is 14.0. The van der Waals surface area contributed by atoms with Gasteiger partial charge >= 0.3 is 0 Å². The first-order chi connectivity index (χ1) is 11.0. The van der Waals surface area contributed by atoms with Crippen molar-refractivity contribution in [2.24, 2.45) is 10.9 Å². The zero-order valence-corrected chi connectivity index (χ0v) is 18.4. The van der Waals surface area contributed by atoms with E-state index in [1.54, 1.807) is 0 Å². The molecule has 0 aliphatic carbocycles.